The number of halogens is 1. The summed E-state index contributed by atoms with van der Waals surface area (Å²) in [5.74, 6) is 0.490. The average Bonchev–Trinajstić information content (AvgIpc) is 3.47. The number of carbonyl (C=O) groups excluding carboxylic acids is 2. The van der Waals surface area contributed by atoms with Gasteiger partial charge in [0.1, 0.15) is 0 Å². The van der Waals surface area contributed by atoms with Crippen molar-refractivity contribution in [2.75, 3.05) is 32.4 Å². The molecule has 2 aromatic rings. The lowest BCUT2D eigenvalue weighted by Crippen LogP contribution is -2.48. The molecule has 2 aliphatic rings. The third kappa shape index (κ3) is 5.78. The minimum absolute atomic E-state index is 0.00418. The Kier molecular flexibility index (Phi) is 7.53. The highest BCUT2D eigenvalue weighted by Gasteiger charge is 2.31. The summed E-state index contributed by atoms with van der Waals surface area (Å²) in [6.07, 6.45) is 1.83. The summed E-state index contributed by atoms with van der Waals surface area (Å²) in [6, 6.07) is 15.0. The van der Waals surface area contributed by atoms with Crippen LogP contribution in [-0.4, -0.2) is 59.4 Å². The lowest BCUT2D eigenvalue weighted by Gasteiger charge is -2.27. The molecular weight excluding hydrogens is 500 g/mol. The number of carbonyl (C=O) groups is 2. The van der Waals surface area contributed by atoms with Crippen molar-refractivity contribution in [1.29, 1.82) is 0 Å². The first kappa shape index (κ1) is 23.8. The van der Waals surface area contributed by atoms with E-state index in [4.69, 9.17) is 5.73 Å². The first-order valence-electron chi connectivity index (χ1n) is 11.1. The number of amidine groups is 1. The molecule has 3 amide bonds. The fourth-order valence-corrected chi connectivity index (χ4v) is 4.72. The van der Waals surface area contributed by atoms with E-state index in [1.54, 1.807) is 24.1 Å². The van der Waals surface area contributed by atoms with Gasteiger partial charge in [0.2, 0.25) is 5.91 Å². The molecule has 11 heteroatoms. The van der Waals surface area contributed by atoms with Crippen LogP contribution in [0.1, 0.15) is 30.0 Å². The molecule has 1 atom stereocenters. The summed E-state index contributed by atoms with van der Waals surface area (Å²) in [4.78, 5) is 29.6. The molecule has 0 aliphatic carbocycles. The number of hydrazone groups is 1. The van der Waals surface area contributed by atoms with E-state index in [0.717, 1.165) is 28.4 Å². The molecule has 5 N–H and O–H groups in total. The Morgan fingerprint density at radius 3 is 2.68 bits per heavy atom. The number of nitrogens with two attached hydrogens (primary N) is 1. The van der Waals surface area contributed by atoms with Crippen LogP contribution in [0.15, 0.2) is 58.1 Å². The average molecular weight is 529 g/mol. The molecule has 2 heterocycles. The first-order chi connectivity index (χ1) is 16.4. The normalized spacial score (nSPS) is 17.4. The molecule has 2 aromatic carbocycles. The standard InChI is InChI=1S/C23H29BrN8O2/c1-30-28-21(27-29-30)15-31(14-16-8-10-17(25)11-9-16)23(34)26-13-22(33)32-12-4-7-20(32)18-5-2-3-6-19(18)24/h2-3,5-6,8-11,20,29H,4,7,12-15,25H2,1H3,(H,26,34)(H,27,28). The zero-order valence-electron chi connectivity index (χ0n) is 19.0. The van der Waals surface area contributed by atoms with Crippen molar-refractivity contribution in [2.24, 2.45) is 5.10 Å². The Bertz CT molecular complexity index is 1060. The number of nitrogens with zero attached hydrogens (tertiary/aromatic N) is 4. The zero-order chi connectivity index (χ0) is 24.1. The van der Waals surface area contributed by atoms with E-state index in [1.807, 2.05) is 41.3 Å². The molecule has 0 spiro atoms. The predicted octanol–water partition coefficient (Wildman–Crippen LogP) is 2.17. The molecular formula is C23H29BrN8O2. The van der Waals surface area contributed by atoms with Crippen molar-refractivity contribution in [3.63, 3.8) is 0 Å². The van der Waals surface area contributed by atoms with Gasteiger partial charge in [0.25, 0.3) is 0 Å². The van der Waals surface area contributed by atoms with Crippen LogP contribution in [0.5, 0.6) is 0 Å². The van der Waals surface area contributed by atoms with Gasteiger partial charge >= 0.3 is 6.03 Å². The Balaban J connectivity index is 1.41. The van der Waals surface area contributed by atoms with E-state index < -0.39 is 0 Å². The van der Waals surface area contributed by atoms with Crippen molar-refractivity contribution < 1.29 is 9.59 Å². The minimum Gasteiger partial charge on any atom is -0.399 e. The maximum absolute atomic E-state index is 13.1. The first-order valence-corrected chi connectivity index (χ1v) is 11.9. The summed E-state index contributed by atoms with van der Waals surface area (Å²) in [5, 5.41) is 8.61. The van der Waals surface area contributed by atoms with E-state index in [2.05, 4.69) is 37.3 Å². The van der Waals surface area contributed by atoms with Crippen molar-refractivity contribution in [1.82, 2.24) is 31.2 Å². The third-order valence-electron chi connectivity index (χ3n) is 5.84. The maximum Gasteiger partial charge on any atom is 0.318 e. The van der Waals surface area contributed by atoms with E-state index >= 15 is 0 Å². The van der Waals surface area contributed by atoms with E-state index in [1.165, 1.54) is 5.12 Å². The van der Waals surface area contributed by atoms with Crippen LogP contribution in [0.25, 0.3) is 0 Å². The number of nitrogen functional groups attached to an aromatic ring is 1. The molecule has 180 valence electrons. The Hall–Kier alpha value is -3.31. The van der Waals surface area contributed by atoms with E-state index in [-0.39, 0.29) is 31.1 Å². The number of rotatable bonds is 7. The lowest BCUT2D eigenvalue weighted by molar-refractivity contribution is -0.131. The summed E-state index contributed by atoms with van der Waals surface area (Å²) < 4.78 is 0.988. The van der Waals surface area contributed by atoms with Gasteiger partial charge in [0.05, 0.1) is 19.1 Å². The number of likely N-dealkylation sites (tertiary alicyclic amines) is 1. The topological polar surface area (TPSA) is 118 Å². The molecule has 4 rings (SSSR count). The summed E-state index contributed by atoms with van der Waals surface area (Å²) >= 11 is 3.60. The van der Waals surface area contributed by atoms with Gasteiger partial charge in [-0.1, -0.05) is 46.3 Å². The number of hydrogen-bond donors (Lipinski definition) is 4. The second-order valence-corrected chi connectivity index (χ2v) is 9.18. The van der Waals surface area contributed by atoms with Gasteiger partial charge in [-0.25, -0.2) is 9.91 Å². The molecule has 1 unspecified atom stereocenters. The molecule has 1 saturated heterocycles. The highest BCUT2D eigenvalue weighted by molar-refractivity contribution is 9.10. The van der Waals surface area contributed by atoms with Crippen LogP contribution in [0.3, 0.4) is 0 Å². The highest BCUT2D eigenvalue weighted by Crippen LogP contribution is 2.35. The Labute approximate surface area is 207 Å². The second kappa shape index (κ2) is 10.7. The largest absolute Gasteiger partial charge is 0.399 e. The fraction of sp³-hybridized carbons (Fsp3) is 0.348. The van der Waals surface area contributed by atoms with Gasteiger partial charge in [0.15, 0.2) is 5.84 Å². The van der Waals surface area contributed by atoms with E-state index in [0.29, 0.717) is 24.6 Å². The molecule has 2 aliphatic heterocycles. The molecule has 10 nitrogen and oxygen atoms in total. The molecule has 1 fully saturated rings. The van der Waals surface area contributed by atoms with Crippen LogP contribution in [0.4, 0.5) is 10.5 Å². The third-order valence-corrected chi connectivity index (χ3v) is 6.56. The Morgan fingerprint density at radius 1 is 1.21 bits per heavy atom. The summed E-state index contributed by atoms with van der Waals surface area (Å²) in [6.45, 7) is 1.18. The fourth-order valence-electron chi connectivity index (χ4n) is 4.17. The molecule has 34 heavy (non-hydrogen) atoms. The van der Waals surface area contributed by atoms with Crippen LogP contribution in [0.2, 0.25) is 0 Å². The molecule has 0 aromatic heterocycles. The van der Waals surface area contributed by atoms with Gasteiger partial charge in [-0.15, -0.1) is 10.6 Å². The lowest BCUT2D eigenvalue weighted by atomic mass is 10.0. The van der Waals surface area contributed by atoms with E-state index in [9.17, 15) is 9.59 Å². The SMILES string of the molecule is CN1N=C(CN(Cc2ccc(N)cc2)C(=O)NCC(=O)N2CCCC2c2ccccc2Br)NN1. The molecule has 0 bridgehead atoms. The number of benzene rings is 2. The minimum atomic E-state index is -0.346. The van der Waals surface area contributed by atoms with Crippen molar-refractivity contribution in [3.8, 4) is 0 Å². The van der Waals surface area contributed by atoms with Crippen LogP contribution in [0, 0.1) is 0 Å². The number of urea groups is 1. The van der Waals surface area contributed by atoms with Crippen molar-refractivity contribution >= 4 is 39.4 Å². The van der Waals surface area contributed by atoms with Crippen LogP contribution in [-0.2, 0) is 11.3 Å². The van der Waals surface area contributed by atoms with Crippen molar-refractivity contribution in [3.05, 3.63) is 64.1 Å². The van der Waals surface area contributed by atoms with Crippen molar-refractivity contribution in [2.45, 2.75) is 25.4 Å². The van der Waals surface area contributed by atoms with Gasteiger partial charge in [0, 0.05) is 30.3 Å². The molecule has 0 saturated carbocycles. The number of hydrazine groups is 2. The van der Waals surface area contributed by atoms with Gasteiger partial charge < -0.3 is 20.9 Å². The van der Waals surface area contributed by atoms with Gasteiger partial charge in [-0.05, 0) is 42.2 Å². The number of amides is 3. The number of hydrogen-bond acceptors (Lipinski definition) is 7. The van der Waals surface area contributed by atoms with Gasteiger partial charge in [-0.2, -0.15) is 0 Å². The van der Waals surface area contributed by atoms with Gasteiger partial charge in [-0.3, -0.25) is 10.2 Å². The predicted molar refractivity (Wildman–Crippen MR) is 134 cm³/mol. The Morgan fingerprint density at radius 2 is 1.97 bits per heavy atom. The zero-order valence-corrected chi connectivity index (χ0v) is 20.6. The summed E-state index contributed by atoms with van der Waals surface area (Å²) in [5.41, 5.74) is 14.2. The quantitative estimate of drug-likeness (QED) is 0.409. The second-order valence-electron chi connectivity index (χ2n) is 8.33. The molecule has 0 radical (unpaired) electrons. The maximum atomic E-state index is 13.1. The number of nitrogens with one attached hydrogen (secondary N) is 3. The summed E-state index contributed by atoms with van der Waals surface area (Å²) in [7, 11) is 1.75. The number of anilines is 1. The highest BCUT2D eigenvalue weighted by atomic mass is 79.9. The monoisotopic (exact) mass is 528 g/mol. The smallest absolute Gasteiger partial charge is 0.318 e. The van der Waals surface area contributed by atoms with Crippen LogP contribution < -0.4 is 22.0 Å². The van der Waals surface area contributed by atoms with Crippen LogP contribution >= 0.6 is 15.9 Å².